The van der Waals surface area contributed by atoms with Gasteiger partial charge in [0.25, 0.3) is 10.0 Å². The second-order valence-corrected chi connectivity index (χ2v) is 6.73. The van der Waals surface area contributed by atoms with Crippen molar-refractivity contribution < 1.29 is 8.42 Å². The van der Waals surface area contributed by atoms with Gasteiger partial charge in [-0.25, -0.2) is 8.42 Å². The molecule has 0 amide bonds. The summed E-state index contributed by atoms with van der Waals surface area (Å²) in [5.74, 6) is 0. The Balaban J connectivity index is 2.31. The zero-order valence-electron chi connectivity index (χ0n) is 12.6. The highest BCUT2D eigenvalue weighted by molar-refractivity contribution is 7.92. The number of anilines is 1. The predicted molar refractivity (Wildman–Crippen MR) is 83.8 cm³/mol. The van der Waals surface area contributed by atoms with Gasteiger partial charge in [-0.3, -0.25) is 9.40 Å². The van der Waals surface area contributed by atoms with E-state index in [1.807, 2.05) is 18.2 Å². The monoisotopic (exact) mass is 307 g/mol. The van der Waals surface area contributed by atoms with E-state index in [0.717, 1.165) is 24.8 Å². The molecule has 0 saturated heterocycles. The second kappa shape index (κ2) is 6.30. The van der Waals surface area contributed by atoms with Gasteiger partial charge >= 0.3 is 0 Å². The molecular formula is C15H21N3O2S. The van der Waals surface area contributed by atoms with Crippen LogP contribution in [0.4, 0.5) is 5.69 Å². The fourth-order valence-corrected chi connectivity index (χ4v) is 3.45. The molecule has 21 heavy (non-hydrogen) atoms. The molecule has 2 rings (SSSR count). The van der Waals surface area contributed by atoms with Gasteiger partial charge in [0.2, 0.25) is 0 Å². The molecule has 0 aliphatic heterocycles. The summed E-state index contributed by atoms with van der Waals surface area (Å²) in [6.45, 7) is 3.86. The summed E-state index contributed by atoms with van der Waals surface area (Å²) in [5.41, 5.74) is 2.28. The molecule has 0 saturated carbocycles. The molecule has 0 aliphatic rings. The van der Waals surface area contributed by atoms with Crippen molar-refractivity contribution in [3.05, 3.63) is 41.7 Å². The largest absolute Gasteiger partial charge is 0.279 e. The first-order valence-electron chi connectivity index (χ1n) is 7.05. The number of aromatic nitrogens is 2. The van der Waals surface area contributed by atoms with Crippen molar-refractivity contribution in [2.75, 3.05) is 4.72 Å². The molecule has 6 heteroatoms. The Morgan fingerprint density at radius 1 is 1.29 bits per heavy atom. The highest BCUT2D eigenvalue weighted by Gasteiger charge is 2.20. The number of nitrogens with one attached hydrogen (secondary N) is 1. The summed E-state index contributed by atoms with van der Waals surface area (Å²) >= 11 is 0. The Morgan fingerprint density at radius 3 is 2.62 bits per heavy atom. The zero-order chi connectivity index (χ0) is 15.5. The van der Waals surface area contributed by atoms with E-state index < -0.39 is 10.0 Å². The first kappa shape index (κ1) is 15.6. The van der Waals surface area contributed by atoms with Crippen LogP contribution in [0.5, 0.6) is 0 Å². The van der Waals surface area contributed by atoms with Crippen LogP contribution >= 0.6 is 0 Å². The Kier molecular flexibility index (Phi) is 4.67. The Hall–Kier alpha value is -1.82. The number of rotatable bonds is 6. The van der Waals surface area contributed by atoms with E-state index >= 15 is 0 Å². The van der Waals surface area contributed by atoms with Crippen LogP contribution in [0.2, 0.25) is 0 Å². The van der Waals surface area contributed by atoms with Crippen LogP contribution in [0.3, 0.4) is 0 Å². The first-order chi connectivity index (χ1) is 9.95. The SMILES string of the molecule is CCCCc1ccccc1NS(=O)(=O)c1cnn(C)c1C. The summed E-state index contributed by atoms with van der Waals surface area (Å²) in [7, 11) is -1.88. The van der Waals surface area contributed by atoms with Crippen LogP contribution in [0.25, 0.3) is 0 Å². The Labute approximate surface area is 126 Å². The number of hydrogen-bond acceptors (Lipinski definition) is 3. The molecule has 0 aliphatic carbocycles. The number of hydrogen-bond donors (Lipinski definition) is 1. The Bertz CT molecular complexity index is 720. The molecule has 0 spiro atoms. The third-order valence-corrected chi connectivity index (χ3v) is 5.01. The molecule has 0 fully saturated rings. The maximum Gasteiger partial charge on any atom is 0.265 e. The molecule has 1 N–H and O–H groups in total. The minimum atomic E-state index is -3.60. The van der Waals surface area contributed by atoms with E-state index in [2.05, 4.69) is 16.7 Å². The van der Waals surface area contributed by atoms with Crippen LogP contribution in [-0.4, -0.2) is 18.2 Å². The van der Waals surface area contributed by atoms with E-state index in [9.17, 15) is 8.42 Å². The third kappa shape index (κ3) is 3.44. The lowest BCUT2D eigenvalue weighted by Gasteiger charge is -2.12. The lowest BCUT2D eigenvalue weighted by molar-refractivity contribution is 0.600. The number of nitrogens with zero attached hydrogens (tertiary/aromatic N) is 2. The average Bonchev–Trinajstić information content (AvgIpc) is 2.78. The average molecular weight is 307 g/mol. The number of para-hydroxylation sites is 1. The van der Waals surface area contributed by atoms with E-state index in [1.54, 1.807) is 24.7 Å². The predicted octanol–water partition coefficient (Wildman–Crippen LogP) is 2.87. The zero-order valence-corrected chi connectivity index (χ0v) is 13.4. The van der Waals surface area contributed by atoms with Gasteiger partial charge in [0.05, 0.1) is 17.6 Å². The van der Waals surface area contributed by atoms with Gasteiger partial charge in [0.15, 0.2) is 0 Å². The topological polar surface area (TPSA) is 64.0 Å². The number of unbranched alkanes of at least 4 members (excludes halogenated alkanes) is 1. The first-order valence-corrected chi connectivity index (χ1v) is 8.53. The molecule has 0 unspecified atom stereocenters. The van der Waals surface area contributed by atoms with E-state index in [0.29, 0.717) is 11.4 Å². The van der Waals surface area contributed by atoms with Crippen LogP contribution in [0.15, 0.2) is 35.4 Å². The van der Waals surface area contributed by atoms with E-state index in [-0.39, 0.29) is 4.90 Å². The van der Waals surface area contributed by atoms with Gasteiger partial charge in [-0.05, 0) is 31.4 Å². The second-order valence-electron chi connectivity index (χ2n) is 5.08. The lowest BCUT2D eigenvalue weighted by atomic mass is 10.1. The minimum absolute atomic E-state index is 0.218. The molecule has 114 valence electrons. The summed E-state index contributed by atoms with van der Waals surface area (Å²) < 4.78 is 29.2. The molecule has 1 aromatic carbocycles. The van der Waals surface area contributed by atoms with Crippen molar-refractivity contribution in [1.29, 1.82) is 0 Å². The molecule has 0 radical (unpaired) electrons. The van der Waals surface area contributed by atoms with Gasteiger partial charge in [0.1, 0.15) is 4.90 Å². The maximum atomic E-state index is 12.5. The number of sulfonamides is 1. The summed E-state index contributed by atoms with van der Waals surface area (Å²) in [5, 5.41) is 3.99. The molecule has 0 atom stereocenters. The Morgan fingerprint density at radius 2 is 2.00 bits per heavy atom. The number of benzene rings is 1. The van der Waals surface area contributed by atoms with Crippen molar-refractivity contribution in [3.8, 4) is 0 Å². The molecule has 1 aromatic heterocycles. The molecular weight excluding hydrogens is 286 g/mol. The highest BCUT2D eigenvalue weighted by atomic mass is 32.2. The third-order valence-electron chi connectivity index (χ3n) is 3.54. The molecule has 0 bridgehead atoms. The van der Waals surface area contributed by atoms with Crippen molar-refractivity contribution >= 4 is 15.7 Å². The van der Waals surface area contributed by atoms with Crippen molar-refractivity contribution in [2.24, 2.45) is 7.05 Å². The maximum absolute atomic E-state index is 12.5. The minimum Gasteiger partial charge on any atom is -0.279 e. The summed E-state index contributed by atoms with van der Waals surface area (Å²) in [6.07, 6.45) is 4.35. The standard InChI is InChI=1S/C15H21N3O2S/c1-4-5-8-13-9-6-7-10-14(13)17-21(19,20)15-11-16-18(3)12(15)2/h6-7,9-11,17H,4-5,8H2,1-3H3. The van der Waals surface area contributed by atoms with E-state index in [1.165, 1.54) is 6.20 Å². The van der Waals surface area contributed by atoms with Crippen LogP contribution in [-0.2, 0) is 23.5 Å². The highest BCUT2D eigenvalue weighted by Crippen LogP contribution is 2.22. The quantitative estimate of drug-likeness (QED) is 0.892. The molecule has 5 nitrogen and oxygen atoms in total. The number of aryl methyl sites for hydroxylation is 2. The van der Waals surface area contributed by atoms with Crippen molar-refractivity contribution in [2.45, 2.75) is 38.0 Å². The molecule has 1 heterocycles. The smallest absolute Gasteiger partial charge is 0.265 e. The van der Waals surface area contributed by atoms with Gasteiger partial charge in [-0.15, -0.1) is 0 Å². The normalized spacial score (nSPS) is 11.6. The van der Waals surface area contributed by atoms with Crippen molar-refractivity contribution in [3.63, 3.8) is 0 Å². The van der Waals surface area contributed by atoms with Gasteiger partial charge in [0, 0.05) is 7.05 Å². The van der Waals surface area contributed by atoms with Crippen molar-refractivity contribution in [1.82, 2.24) is 9.78 Å². The van der Waals surface area contributed by atoms with Gasteiger partial charge in [-0.2, -0.15) is 5.10 Å². The van der Waals surface area contributed by atoms with Crippen LogP contribution < -0.4 is 4.72 Å². The van der Waals surface area contributed by atoms with Crippen LogP contribution in [0.1, 0.15) is 31.0 Å². The summed E-state index contributed by atoms with van der Waals surface area (Å²) in [6, 6.07) is 7.53. The fraction of sp³-hybridized carbons (Fsp3) is 0.400. The van der Waals surface area contributed by atoms with Crippen LogP contribution in [0, 0.1) is 6.92 Å². The summed E-state index contributed by atoms with van der Waals surface area (Å²) in [4.78, 5) is 0.218. The fourth-order valence-electron chi connectivity index (χ4n) is 2.15. The molecule has 2 aromatic rings. The van der Waals surface area contributed by atoms with E-state index in [4.69, 9.17) is 0 Å². The lowest BCUT2D eigenvalue weighted by Crippen LogP contribution is -2.15. The van der Waals surface area contributed by atoms with Gasteiger partial charge < -0.3 is 0 Å². The van der Waals surface area contributed by atoms with Gasteiger partial charge in [-0.1, -0.05) is 31.5 Å².